The number of benzene rings is 1. The van der Waals surface area contributed by atoms with Crippen molar-refractivity contribution in [3.8, 4) is 23.4 Å². The lowest BCUT2D eigenvalue weighted by molar-refractivity contribution is 0.372. The molecule has 0 amide bonds. The molecule has 0 atom stereocenters. The number of rotatable bonds is 3. The van der Waals surface area contributed by atoms with Crippen LogP contribution in [0, 0.1) is 25.2 Å². The monoisotopic (exact) mass is 270 g/mol. The second-order valence-corrected chi connectivity index (χ2v) is 4.17. The van der Waals surface area contributed by atoms with Gasteiger partial charge >= 0.3 is 0 Å². The number of nitrogens with zero attached hydrogens (tertiary/aromatic N) is 3. The van der Waals surface area contributed by atoms with E-state index in [9.17, 15) is 0 Å². The molecule has 0 unspecified atom stereocenters. The third-order valence-corrected chi connectivity index (χ3v) is 2.75. The molecule has 102 valence electrons. The molecule has 1 aromatic heterocycles. The Morgan fingerprint density at radius 2 is 1.95 bits per heavy atom. The number of aromatic nitrogens is 2. The number of anilines is 1. The van der Waals surface area contributed by atoms with Crippen LogP contribution in [0.3, 0.4) is 0 Å². The van der Waals surface area contributed by atoms with Gasteiger partial charge in [0.15, 0.2) is 11.5 Å². The van der Waals surface area contributed by atoms with Gasteiger partial charge in [-0.2, -0.15) is 10.2 Å². The molecule has 0 aliphatic rings. The van der Waals surface area contributed by atoms with Crippen LogP contribution in [0.5, 0.6) is 17.4 Å². The predicted octanol–water partition coefficient (Wildman–Crippen LogP) is 2.35. The highest BCUT2D eigenvalue weighted by Crippen LogP contribution is 2.33. The second-order valence-electron chi connectivity index (χ2n) is 4.17. The van der Waals surface area contributed by atoms with Crippen LogP contribution in [-0.4, -0.2) is 17.1 Å². The van der Waals surface area contributed by atoms with Crippen LogP contribution in [0.2, 0.25) is 0 Å². The Morgan fingerprint density at radius 3 is 2.60 bits per heavy atom. The number of methoxy groups -OCH3 is 1. The minimum atomic E-state index is 0.373. The van der Waals surface area contributed by atoms with Gasteiger partial charge in [-0.3, -0.25) is 0 Å². The Balaban J connectivity index is 2.43. The topological polar surface area (TPSA) is 94.0 Å². The van der Waals surface area contributed by atoms with Gasteiger partial charge in [-0.25, -0.2) is 4.98 Å². The van der Waals surface area contributed by atoms with E-state index in [2.05, 4.69) is 9.97 Å². The Bertz CT molecular complexity index is 692. The maximum Gasteiger partial charge on any atom is 0.227 e. The molecule has 0 bridgehead atoms. The molecule has 6 nitrogen and oxygen atoms in total. The lowest BCUT2D eigenvalue weighted by Crippen LogP contribution is -2.03. The van der Waals surface area contributed by atoms with E-state index < -0.39 is 0 Å². The quantitative estimate of drug-likeness (QED) is 0.919. The highest BCUT2D eigenvalue weighted by atomic mass is 16.5. The first-order valence-electron chi connectivity index (χ1n) is 5.92. The zero-order chi connectivity index (χ0) is 14.7. The molecule has 0 radical (unpaired) electrons. The number of ether oxygens (including phenoxy) is 2. The molecule has 0 fully saturated rings. The largest absolute Gasteiger partial charge is 0.493 e. The van der Waals surface area contributed by atoms with E-state index in [0.29, 0.717) is 40.1 Å². The Kier molecular flexibility index (Phi) is 3.71. The Labute approximate surface area is 116 Å². The van der Waals surface area contributed by atoms with Gasteiger partial charge < -0.3 is 15.2 Å². The van der Waals surface area contributed by atoms with Gasteiger partial charge in [-0.15, -0.1) is 0 Å². The standard InChI is InChI=1S/C14H14N4O2/c1-8-13(16)17-9(2)18-14(8)20-11-5-4-10(7-15)6-12(11)19-3/h4-6H,1-3H3,(H2,16,17,18). The molecule has 2 N–H and O–H groups in total. The molecule has 20 heavy (non-hydrogen) atoms. The summed E-state index contributed by atoms with van der Waals surface area (Å²) in [5.41, 5.74) is 6.93. The Hall–Kier alpha value is -2.81. The minimum Gasteiger partial charge on any atom is -0.493 e. The summed E-state index contributed by atoms with van der Waals surface area (Å²) < 4.78 is 10.9. The van der Waals surface area contributed by atoms with Gasteiger partial charge in [0.05, 0.1) is 24.3 Å². The number of hydrogen-bond donors (Lipinski definition) is 1. The molecule has 0 saturated heterocycles. The molecule has 1 aromatic carbocycles. The van der Waals surface area contributed by atoms with E-state index >= 15 is 0 Å². The highest BCUT2D eigenvalue weighted by molar-refractivity contribution is 5.50. The van der Waals surface area contributed by atoms with Gasteiger partial charge in [-0.05, 0) is 26.0 Å². The smallest absolute Gasteiger partial charge is 0.227 e. The molecule has 2 aromatic rings. The van der Waals surface area contributed by atoms with Crippen molar-refractivity contribution in [2.45, 2.75) is 13.8 Å². The first-order chi connectivity index (χ1) is 9.55. The second kappa shape index (κ2) is 5.45. The summed E-state index contributed by atoms with van der Waals surface area (Å²) in [5.74, 6) is 2.19. The van der Waals surface area contributed by atoms with Crippen LogP contribution < -0.4 is 15.2 Å². The van der Waals surface area contributed by atoms with Crippen molar-refractivity contribution in [2.75, 3.05) is 12.8 Å². The summed E-state index contributed by atoms with van der Waals surface area (Å²) >= 11 is 0. The van der Waals surface area contributed by atoms with Gasteiger partial charge in [0.25, 0.3) is 0 Å². The van der Waals surface area contributed by atoms with E-state index in [-0.39, 0.29) is 0 Å². The fourth-order valence-corrected chi connectivity index (χ4v) is 1.65. The summed E-state index contributed by atoms with van der Waals surface area (Å²) in [6.45, 7) is 3.51. The van der Waals surface area contributed by atoms with Crippen molar-refractivity contribution < 1.29 is 9.47 Å². The fraction of sp³-hybridized carbons (Fsp3) is 0.214. The Morgan fingerprint density at radius 1 is 1.20 bits per heavy atom. The number of nitrogen functional groups attached to an aromatic ring is 1. The van der Waals surface area contributed by atoms with Crippen LogP contribution >= 0.6 is 0 Å². The zero-order valence-corrected chi connectivity index (χ0v) is 11.5. The molecule has 0 spiro atoms. The van der Waals surface area contributed by atoms with Crippen molar-refractivity contribution >= 4 is 5.82 Å². The van der Waals surface area contributed by atoms with Crippen LogP contribution in [0.15, 0.2) is 18.2 Å². The van der Waals surface area contributed by atoms with Gasteiger partial charge in [-0.1, -0.05) is 0 Å². The van der Waals surface area contributed by atoms with Crippen LogP contribution in [0.4, 0.5) is 5.82 Å². The number of nitriles is 1. The first-order valence-corrected chi connectivity index (χ1v) is 5.92. The molecule has 1 heterocycles. The fourth-order valence-electron chi connectivity index (χ4n) is 1.65. The summed E-state index contributed by atoms with van der Waals surface area (Å²) in [6, 6.07) is 6.94. The van der Waals surface area contributed by atoms with Crippen molar-refractivity contribution in [3.05, 3.63) is 35.2 Å². The van der Waals surface area contributed by atoms with Crippen LogP contribution in [-0.2, 0) is 0 Å². The van der Waals surface area contributed by atoms with E-state index in [1.807, 2.05) is 6.07 Å². The number of nitrogens with two attached hydrogens (primary N) is 1. The molecular weight excluding hydrogens is 256 g/mol. The van der Waals surface area contributed by atoms with Crippen molar-refractivity contribution in [2.24, 2.45) is 0 Å². The lowest BCUT2D eigenvalue weighted by atomic mass is 10.2. The van der Waals surface area contributed by atoms with Crippen molar-refractivity contribution in [1.29, 1.82) is 5.26 Å². The maximum atomic E-state index is 8.87. The van der Waals surface area contributed by atoms with E-state index in [1.165, 1.54) is 7.11 Å². The molecule has 2 rings (SSSR count). The molecular formula is C14H14N4O2. The molecule has 6 heteroatoms. The maximum absolute atomic E-state index is 8.87. The normalized spacial score (nSPS) is 9.90. The van der Waals surface area contributed by atoms with Gasteiger partial charge in [0.2, 0.25) is 5.88 Å². The number of aryl methyl sites for hydroxylation is 1. The SMILES string of the molecule is COc1cc(C#N)ccc1Oc1nc(C)nc(N)c1C. The average Bonchev–Trinajstić information content (AvgIpc) is 2.44. The van der Waals surface area contributed by atoms with Crippen LogP contribution in [0.25, 0.3) is 0 Å². The van der Waals surface area contributed by atoms with E-state index in [1.54, 1.807) is 32.0 Å². The summed E-state index contributed by atoms with van der Waals surface area (Å²) in [6.07, 6.45) is 0. The lowest BCUT2D eigenvalue weighted by Gasteiger charge is -2.12. The molecule has 0 aliphatic heterocycles. The van der Waals surface area contributed by atoms with Crippen molar-refractivity contribution in [1.82, 2.24) is 9.97 Å². The number of hydrogen-bond acceptors (Lipinski definition) is 6. The predicted molar refractivity (Wildman–Crippen MR) is 73.7 cm³/mol. The van der Waals surface area contributed by atoms with Gasteiger partial charge in [0, 0.05) is 6.07 Å². The van der Waals surface area contributed by atoms with E-state index in [0.717, 1.165) is 0 Å². The minimum absolute atomic E-state index is 0.373. The third kappa shape index (κ3) is 2.62. The molecule has 0 saturated carbocycles. The summed E-state index contributed by atoms with van der Waals surface area (Å²) in [7, 11) is 1.51. The van der Waals surface area contributed by atoms with Crippen LogP contribution in [0.1, 0.15) is 17.0 Å². The first kappa shape index (κ1) is 13.6. The summed E-state index contributed by atoms with van der Waals surface area (Å²) in [4.78, 5) is 8.27. The van der Waals surface area contributed by atoms with Gasteiger partial charge in [0.1, 0.15) is 11.6 Å². The summed E-state index contributed by atoms with van der Waals surface area (Å²) in [5, 5.41) is 8.87. The average molecular weight is 270 g/mol. The highest BCUT2D eigenvalue weighted by Gasteiger charge is 2.12. The molecule has 0 aliphatic carbocycles. The zero-order valence-electron chi connectivity index (χ0n) is 11.5. The van der Waals surface area contributed by atoms with E-state index in [4.69, 9.17) is 20.5 Å². The third-order valence-electron chi connectivity index (χ3n) is 2.75. The van der Waals surface area contributed by atoms with Crippen molar-refractivity contribution in [3.63, 3.8) is 0 Å².